The number of allylic oxidation sites excluding steroid dienone is 4. The molecule has 1 aromatic carbocycles. The van der Waals surface area contributed by atoms with E-state index in [1.807, 2.05) is 36.4 Å². The lowest BCUT2D eigenvalue weighted by atomic mass is 10.1. The minimum absolute atomic E-state index is 0.0854. The number of hydrogen-bond donors (Lipinski definition) is 0. The van der Waals surface area contributed by atoms with Gasteiger partial charge in [-0.2, -0.15) is 0 Å². The summed E-state index contributed by atoms with van der Waals surface area (Å²) in [6, 6.07) is 7.39. The lowest BCUT2D eigenvalue weighted by Crippen LogP contribution is -1.90. The maximum Gasteiger partial charge on any atom is 0.159 e. The molecule has 0 fully saturated rings. The molecule has 0 heterocycles. The van der Waals surface area contributed by atoms with Crippen LogP contribution in [0, 0.1) is 11.8 Å². The Balaban J connectivity index is 2.13. The first-order valence-electron chi connectivity index (χ1n) is 5.24. The van der Waals surface area contributed by atoms with E-state index in [2.05, 4.69) is 17.9 Å². The Morgan fingerprint density at radius 1 is 1.19 bits per heavy atom. The summed E-state index contributed by atoms with van der Waals surface area (Å²) in [5, 5.41) is 0. The summed E-state index contributed by atoms with van der Waals surface area (Å²) in [7, 11) is 0. The first kappa shape index (κ1) is 10.4. The predicted molar refractivity (Wildman–Crippen MR) is 65.2 cm³/mol. The van der Waals surface area contributed by atoms with Crippen LogP contribution in [0.5, 0.6) is 0 Å². The van der Waals surface area contributed by atoms with E-state index in [0.717, 1.165) is 23.1 Å². The van der Waals surface area contributed by atoms with E-state index in [-0.39, 0.29) is 5.78 Å². The smallest absolute Gasteiger partial charge is 0.159 e. The summed E-state index contributed by atoms with van der Waals surface area (Å²) in [6.45, 7) is 1.57. The lowest BCUT2D eigenvalue weighted by Gasteiger charge is -1.94. The fourth-order valence-corrected chi connectivity index (χ4v) is 1.48. The second kappa shape index (κ2) is 4.63. The molecule has 78 valence electrons. The molecule has 0 saturated heterocycles. The largest absolute Gasteiger partial charge is 0.295 e. The summed E-state index contributed by atoms with van der Waals surface area (Å²) < 4.78 is 0. The first-order chi connectivity index (χ1) is 7.75. The SMILES string of the molecule is CC(=O)c1ccc(C#CC2=CC=CC2)cc1. The number of carbonyl (C=O) groups is 1. The number of ketones is 1. The molecule has 1 aliphatic carbocycles. The standard InChI is InChI=1S/C15H12O/c1-12(16)15-10-8-14(9-11-15)7-6-13-4-2-3-5-13/h2-4,8-11H,5H2,1H3. The third kappa shape index (κ3) is 2.49. The summed E-state index contributed by atoms with van der Waals surface area (Å²) in [4.78, 5) is 11.1. The van der Waals surface area contributed by atoms with Crippen molar-refractivity contribution in [1.29, 1.82) is 0 Å². The molecular formula is C15H12O. The number of benzene rings is 1. The molecule has 0 unspecified atom stereocenters. The summed E-state index contributed by atoms with van der Waals surface area (Å²) in [5.41, 5.74) is 2.81. The molecule has 0 aromatic heterocycles. The molecule has 1 heteroatoms. The van der Waals surface area contributed by atoms with Crippen molar-refractivity contribution in [2.45, 2.75) is 13.3 Å². The van der Waals surface area contributed by atoms with Crippen LogP contribution in [0.25, 0.3) is 0 Å². The molecule has 0 radical (unpaired) electrons. The number of carbonyl (C=O) groups excluding carboxylic acids is 1. The van der Waals surface area contributed by atoms with Gasteiger partial charge in [0.25, 0.3) is 0 Å². The van der Waals surface area contributed by atoms with Gasteiger partial charge in [-0.1, -0.05) is 42.2 Å². The van der Waals surface area contributed by atoms with E-state index in [9.17, 15) is 4.79 Å². The summed E-state index contributed by atoms with van der Waals surface area (Å²) >= 11 is 0. The van der Waals surface area contributed by atoms with Crippen LogP contribution < -0.4 is 0 Å². The molecule has 16 heavy (non-hydrogen) atoms. The van der Waals surface area contributed by atoms with Crippen molar-refractivity contribution in [3.05, 3.63) is 59.2 Å². The van der Waals surface area contributed by atoms with Crippen molar-refractivity contribution >= 4 is 5.78 Å². The van der Waals surface area contributed by atoms with E-state index < -0.39 is 0 Å². The molecular weight excluding hydrogens is 196 g/mol. The maximum atomic E-state index is 11.1. The van der Waals surface area contributed by atoms with E-state index in [0.29, 0.717) is 0 Å². The molecule has 0 atom stereocenters. The summed E-state index contributed by atoms with van der Waals surface area (Å²) in [6.07, 6.45) is 7.06. The molecule has 0 saturated carbocycles. The molecule has 0 bridgehead atoms. The van der Waals surface area contributed by atoms with Gasteiger partial charge in [0.2, 0.25) is 0 Å². The van der Waals surface area contributed by atoms with Gasteiger partial charge in [-0.25, -0.2) is 0 Å². The average molecular weight is 208 g/mol. The molecule has 0 N–H and O–H groups in total. The minimum atomic E-state index is 0.0854. The van der Waals surface area contributed by atoms with Crippen LogP contribution in [-0.2, 0) is 0 Å². The average Bonchev–Trinajstić information content (AvgIpc) is 2.80. The van der Waals surface area contributed by atoms with E-state index in [1.54, 1.807) is 6.92 Å². The van der Waals surface area contributed by atoms with Crippen LogP contribution in [0.4, 0.5) is 0 Å². The molecule has 2 rings (SSSR count). The highest BCUT2D eigenvalue weighted by molar-refractivity contribution is 5.94. The molecule has 1 aliphatic rings. The molecule has 0 aliphatic heterocycles. The van der Waals surface area contributed by atoms with Crippen molar-refractivity contribution in [3.63, 3.8) is 0 Å². The van der Waals surface area contributed by atoms with Gasteiger partial charge in [0.1, 0.15) is 0 Å². The van der Waals surface area contributed by atoms with Crippen LogP contribution >= 0.6 is 0 Å². The van der Waals surface area contributed by atoms with Gasteiger partial charge in [-0.15, -0.1) is 0 Å². The van der Waals surface area contributed by atoms with Crippen molar-refractivity contribution in [2.24, 2.45) is 0 Å². The fraction of sp³-hybridized carbons (Fsp3) is 0.133. The zero-order chi connectivity index (χ0) is 11.4. The number of rotatable bonds is 1. The minimum Gasteiger partial charge on any atom is -0.295 e. The predicted octanol–water partition coefficient (Wildman–Crippen LogP) is 3.13. The summed E-state index contributed by atoms with van der Waals surface area (Å²) in [5.74, 6) is 6.28. The Kier molecular flexibility index (Phi) is 3.03. The topological polar surface area (TPSA) is 17.1 Å². The second-order valence-electron chi connectivity index (χ2n) is 3.71. The van der Waals surface area contributed by atoms with Gasteiger partial charge in [-0.3, -0.25) is 4.79 Å². The number of hydrogen-bond acceptors (Lipinski definition) is 1. The molecule has 0 amide bonds. The Labute approximate surface area is 95.5 Å². The van der Waals surface area contributed by atoms with Crippen LogP contribution in [0.2, 0.25) is 0 Å². The first-order valence-corrected chi connectivity index (χ1v) is 5.24. The van der Waals surface area contributed by atoms with Crippen molar-refractivity contribution in [3.8, 4) is 11.8 Å². The van der Waals surface area contributed by atoms with Crippen LogP contribution in [0.1, 0.15) is 29.3 Å². The quantitative estimate of drug-likeness (QED) is 0.512. The third-order valence-electron chi connectivity index (χ3n) is 2.43. The normalized spacial score (nSPS) is 12.9. The second-order valence-corrected chi connectivity index (χ2v) is 3.71. The highest BCUT2D eigenvalue weighted by Gasteiger charge is 1.97. The van der Waals surface area contributed by atoms with E-state index >= 15 is 0 Å². The van der Waals surface area contributed by atoms with Gasteiger partial charge < -0.3 is 0 Å². The van der Waals surface area contributed by atoms with Gasteiger partial charge in [0, 0.05) is 16.7 Å². The molecule has 1 aromatic rings. The Hall–Kier alpha value is -2.07. The fourth-order valence-electron chi connectivity index (χ4n) is 1.48. The van der Waals surface area contributed by atoms with E-state index in [4.69, 9.17) is 0 Å². The third-order valence-corrected chi connectivity index (χ3v) is 2.43. The zero-order valence-corrected chi connectivity index (χ0v) is 9.16. The number of Topliss-reactive ketones (excluding diaryl/α,β-unsaturated/α-hetero) is 1. The highest BCUT2D eigenvalue weighted by atomic mass is 16.1. The van der Waals surface area contributed by atoms with Crippen molar-refractivity contribution in [2.75, 3.05) is 0 Å². The maximum absolute atomic E-state index is 11.1. The molecule has 0 spiro atoms. The van der Waals surface area contributed by atoms with Gasteiger partial charge in [0.15, 0.2) is 5.78 Å². The van der Waals surface area contributed by atoms with Crippen molar-refractivity contribution in [1.82, 2.24) is 0 Å². The Morgan fingerprint density at radius 2 is 1.94 bits per heavy atom. The highest BCUT2D eigenvalue weighted by Crippen LogP contribution is 2.09. The monoisotopic (exact) mass is 208 g/mol. The Bertz CT molecular complexity index is 519. The van der Waals surface area contributed by atoms with Crippen LogP contribution in [0.15, 0.2) is 48.1 Å². The molecule has 1 nitrogen and oxygen atoms in total. The zero-order valence-electron chi connectivity index (χ0n) is 9.16. The van der Waals surface area contributed by atoms with Crippen molar-refractivity contribution < 1.29 is 4.79 Å². The van der Waals surface area contributed by atoms with Gasteiger partial charge in [0.05, 0.1) is 0 Å². The Morgan fingerprint density at radius 3 is 2.50 bits per heavy atom. The van der Waals surface area contributed by atoms with Gasteiger partial charge in [-0.05, 0) is 25.5 Å². The van der Waals surface area contributed by atoms with Crippen LogP contribution in [0.3, 0.4) is 0 Å². The van der Waals surface area contributed by atoms with Crippen LogP contribution in [-0.4, -0.2) is 5.78 Å². The lowest BCUT2D eigenvalue weighted by molar-refractivity contribution is 0.101. The van der Waals surface area contributed by atoms with E-state index in [1.165, 1.54) is 0 Å². The van der Waals surface area contributed by atoms with Gasteiger partial charge >= 0.3 is 0 Å².